The highest BCUT2D eigenvalue weighted by Crippen LogP contribution is 2.44. The van der Waals surface area contributed by atoms with Crippen LogP contribution in [0.15, 0.2) is 5.16 Å². The molecule has 0 aromatic carbocycles. The maximum atomic E-state index is 14.8. The van der Waals surface area contributed by atoms with E-state index in [1.807, 2.05) is 0 Å². The maximum Gasteiger partial charge on any atom is 0.311 e. The van der Waals surface area contributed by atoms with E-state index in [1.54, 1.807) is 102 Å². The van der Waals surface area contributed by atoms with Gasteiger partial charge in [0.1, 0.15) is 47.5 Å². The molecule has 29 nitrogen and oxygen atoms in total. The minimum absolute atomic E-state index is 0.0167. The Morgan fingerprint density at radius 1 is 0.580 bits per heavy atom. The van der Waals surface area contributed by atoms with Crippen molar-refractivity contribution >= 4 is 29.3 Å². The number of hydrogen-bond acceptors (Lipinski definition) is 28. The van der Waals surface area contributed by atoms with Crippen LogP contribution in [0.3, 0.4) is 0 Å². The Hall–Kier alpha value is -3.25. The van der Waals surface area contributed by atoms with Crippen molar-refractivity contribution in [2.45, 2.75) is 314 Å². The molecule has 0 radical (unpaired) electrons. The number of nitrogens with zero attached hydrogens (tertiary/aromatic N) is 3. The Labute approximate surface area is 592 Å². The molecule has 5 aliphatic rings. The Kier molecular flexibility index (Phi) is 31.8. The molecule has 32 atom stereocenters. The lowest BCUT2D eigenvalue weighted by Gasteiger charge is -2.49. The van der Waals surface area contributed by atoms with Crippen molar-refractivity contribution in [2.24, 2.45) is 52.5 Å². The van der Waals surface area contributed by atoms with Gasteiger partial charge in [-0.2, -0.15) is 0 Å². The van der Waals surface area contributed by atoms with E-state index in [2.05, 4.69) is 5.16 Å². The Morgan fingerprint density at radius 2 is 1.09 bits per heavy atom. The van der Waals surface area contributed by atoms with Crippen molar-refractivity contribution in [3.8, 4) is 0 Å². The molecule has 0 saturated carbocycles. The zero-order valence-corrected chi connectivity index (χ0v) is 63.7. The number of esters is 2. The molecule has 29 heteroatoms. The van der Waals surface area contributed by atoms with Crippen LogP contribution in [0.5, 0.6) is 0 Å². The fourth-order valence-electron chi connectivity index (χ4n) is 15.9. The summed E-state index contributed by atoms with van der Waals surface area (Å²) in [7, 11) is 7.52. The van der Waals surface area contributed by atoms with Gasteiger partial charge in [0, 0.05) is 76.3 Å². The molecule has 0 bridgehead atoms. The van der Waals surface area contributed by atoms with Gasteiger partial charge in [-0.25, -0.2) is 0 Å². The molecule has 5 rings (SSSR count). The fraction of sp³-hybridized carbons (Fsp3) is 0.930. The van der Waals surface area contributed by atoms with Gasteiger partial charge in [-0.3, -0.25) is 24.1 Å². The number of cyclic esters (lactones) is 2. The second-order valence-corrected chi connectivity index (χ2v) is 30.8. The number of likely N-dealkylation sites (N-methyl/N-ethyl adjacent to an activating group) is 2. The number of Topliss-reactive ketones (excluding diaryl/α,β-unsaturated/α-hetero) is 1. The normalized spacial score (nSPS) is 46.3. The van der Waals surface area contributed by atoms with Crippen LogP contribution in [0.25, 0.3) is 0 Å². The van der Waals surface area contributed by atoms with Crippen molar-refractivity contribution in [3.05, 3.63) is 0 Å². The number of hydrogen-bond donors (Lipinski definition) is 9. The second-order valence-electron chi connectivity index (χ2n) is 30.8. The largest absolute Gasteiger partial charge is 0.459 e. The van der Waals surface area contributed by atoms with E-state index in [1.165, 1.54) is 67.9 Å². The second kappa shape index (κ2) is 36.4. The van der Waals surface area contributed by atoms with Crippen LogP contribution in [-0.4, -0.2) is 291 Å². The number of aliphatic hydroxyl groups excluding tert-OH is 6. The summed E-state index contributed by atoms with van der Waals surface area (Å²) in [5.74, 6) is -10.9. The van der Waals surface area contributed by atoms with Crippen LogP contribution in [0.2, 0.25) is 0 Å². The van der Waals surface area contributed by atoms with Crippen LogP contribution in [0.1, 0.15) is 170 Å². The first kappa shape index (κ1) is 87.4. The third-order valence-corrected chi connectivity index (χ3v) is 22.6. The first-order chi connectivity index (χ1) is 46.4. The van der Waals surface area contributed by atoms with Crippen LogP contribution in [0, 0.1) is 47.3 Å². The summed E-state index contributed by atoms with van der Waals surface area (Å²) in [6, 6.07) is -1.83. The molecule has 5 fully saturated rings. The number of methoxy groups -OCH3 is 3. The quantitative estimate of drug-likeness (QED) is 0.0366. The molecule has 100 heavy (non-hydrogen) atoms. The van der Waals surface area contributed by atoms with Crippen molar-refractivity contribution in [3.63, 3.8) is 0 Å². The Bertz CT molecular complexity index is 2640. The van der Waals surface area contributed by atoms with E-state index in [0.29, 0.717) is 0 Å². The van der Waals surface area contributed by atoms with Gasteiger partial charge in [0.05, 0.1) is 115 Å². The molecular weight excluding hydrogens is 1310 g/mol. The number of oxime groups is 1. The summed E-state index contributed by atoms with van der Waals surface area (Å²) in [5.41, 5.74) is -8.57. The van der Waals surface area contributed by atoms with Crippen LogP contribution in [0.4, 0.5) is 0 Å². The van der Waals surface area contributed by atoms with Gasteiger partial charge < -0.3 is 113 Å². The zero-order valence-electron chi connectivity index (χ0n) is 63.7. The lowest BCUT2D eigenvalue weighted by atomic mass is 9.73. The van der Waals surface area contributed by atoms with Crippen molar-refractivity contribution in [2.75, 3.05) is 62.0 Å². The number of amides is 1. The minimum atomic E-state index is -2.08. The molecular formula is C71H127N3O26. The van der Waals surface area contributed by atoms with E-state index in [4.69, 9.17) is 61.7 Å². The molecule has 5 saturated heterocycles. The van der Waals surface area contributed by atoms with Crippen LogP contribution < -0.4 is 0 Å². The van der Waals surface area contributed by atoms with Crippen molar-refractivity contribution < 1.29 is 127 Å². The lowest BCUT2D eigenvalue weighted by molar-refractivity contribution is -0.318. The predicted octanol–water partition coefficient (Wildman–Crippen LogP) is 3.00. The molecule has 0 aromatic heterocycles. The number of aliphatic hydroxyl groups is 9. The van der Waals surface area contributed by atoms with Gasteiger partial charge in [-0.1, -0.05) is 60.5 Å². The molecule has 12 unspecified atom stereocenters. The highest BCUT2D eigenvalue weighted by Gasteiger charge is 2.56. The standard InChI is InChI=1S/C71H127N3O26/c1-24-48-70(17,86)58(80)39(7)52(72-92-34-91-27-26-88-21)35(3)30-67(14,85)61(43(11)57(44(12)64(84)97-48)98-51-32-68(15,89-22)60(82)45(13)95-51)99-65-55(78)46(28-37(5)93-65)73(19)33-50(75)74(20)47-29-38(6)94-66(56(47)79)100-62-41(9)54(77)42(10)63(83)96-49(25-2)71(18,87)59(81)40(8)53(76)36(4)31-69(62,16)90-23/h35-49,51,54-62,65-66,77-82,85-87H,24-34H2,1-23H3/b72-52+/t35-,36-,37?,38?,39+,40+,41+,42-,43+,44-,45?,46?,47?,48-,49-,51?,54+,55?,56?,57+,58-,59-,60?,61-,62-,65?,66?,67+,68?,69+,70-,71-/m1/s1. The SMILES string of the molecule is CC[C@H]1OC(=O)[C@H](C)[C@@H](O)[C@H](C)[C@@H](OC2OC(C)CC(N(C)C(=O)CN(C)C3CC(C)OC(O[C@@H]4[C@@H](C)[C@H](OC5CC(C)(OC)C(O)C(C)O5)[C@@H](C)C(=O)O[C@H](CC)[C@@](C)(O)[C@H](O)[C@@H](C)/C(=N/OCOCCOC)[C@H](C)C[C@]4(C)O)C3O)C2O)[C@@](C)(OC)C[C@@H](C)C(=O)[C@H](C)[C@@H](O)[C@]1(C)O. The van der Waals surface area contributed by atoms with Gasteiger partial charge >= 0.3 is 11.9 Å². The average molecular weight is 1440 g/mol. The lowest BCUT2D eigenvalue weighted by Crippen LogP contribution is -2.62. The number of ether oxygens (including phenoxy) is 12. The maximum absolute atomic E-state index is 14.8. The van der Waals surface area contributed by atoms with Gasteiger partial charge in [0.15, 0.2) is 18.9 Å². The first-order valence-corrected chi connectivity index (χ1v) is 35.8. The van der Waals surface area contributed by atoms with Crippen LogP contribution in [-0.2, 0) is 80.9 Å². The molecule has 5 heterocycles. The highest BCUT2D eigenvalue weighted by molar-refractivity contribution is 5.89. The molecule has 0 spiro atoms. The molecule has 0 aliphatic carbocycles. The van der Waals surface area contributed by atoms with Gasteiger partial charge in [0.2, 0.25) is 12.7 Å². The number of carbonyl (C=O) groups excluding carboxylic acids is 4. The Balaban J connectivity index is 1.50. The molecule has 9 N–H and O–H groups in total. The predicted molar refractivity (Wildman–Crippen MR) is 362 cm³/mol. The van der Waals surface area contributed by atoms with E-state index < -0.39 is 215 Å². The topological polar surface area (TPSA) is 389 Å². The third-order valence-electron chi connectivity index (χ3n) is 22.6. The van der Waals surface area contributed by atoms with E-state index in [0.717, 1.165) is 0 Å². The number of carbonyl (C=O) groups is 4. The van der Waals surface area contributed by atoms with E-state index >= 15 is 0 Å². The van der Waals surface area contributed by atoms with Crippen molar-refractivity contribution in [1.29, 1.82) is 0 Å². The van der Waals surface area contributed by atoms with E-state index in [-0.39, 0.29) is 77.2 Å². The summed E-state index contributed by atoms with van der Waals surface area (Å²) in [6.07, 6.45) is -21.5. The number of ketones is 1. The van der Waals surface area contributed by atoms with E-state index in [9.17, 15) is 65.1 Å². The van der Waals surface area contributed by atoms with Gasteiger partial charge in [-0.05, 0) is 115 Å². The third kappa shape index (κ3) is 20.1. The summed E-state index contributed by atoms with van der Waals surface area (Å²) in [6.45, 7) is 28.7. The first-order valence-electron chi connectivity index (χ1n) is 35.8. The Morgan fingerprint density at radius 3 is 1.62 bits per heavy atom. The van der Waals surface area contributed by atoms with Crippen molar-refractivity contribution in [1.82, 2.24) is 9.80 Å². The smallest absolute Gasteiger partial charge is 0.311 e. The van der Waals surface area contributed by atoms with Crippen LogP contribution >= 0.6 is 0 Å². The summed E-state index contributed by atoms with van der Waals surface area (Å²) >= 11 is 0. The highest BCUT2D eigenvalue weighted by atomic mass is 16.7. The molecule has 5 aliphatic heterocycles. The number of rotatable bonds is 20. The monoisotopic (exact) mass is 1440 g/mol. The van der Waals surface area contributed by atoms with Gasteiger partial charge in [-0.15, -0.1) is 0 Å². The molecule has 1 amide bonds. The zero-order chi connectivity index (χ0) is 75.8. The summed E-state index contributed by atoms with van der Waals surface area (Å²) in [5, 5.41) is 114. The summed E-state index contributed by atoms with van der Waals surface area (Å²) in [4.78, 5) is 66.4. The molecule has 582 valence electrons. The molecule has 0 aromatic rings. The average Bonchev–Trinajstić information content (AvgIpc) is 0.809. The fourth-order valence-corrected chi connectivity index (χ4v) is 15.9. The summed E-state index contributed by atoms with van der Waals surface area (Å²) < 4.78 is 74.2. The minimum Gasteiger partial charge on any atom is -0.459 e. The van der Waals surface area contributed by atoms with Gasteiger partial charge in [0.25, 0.3) is 0 Å².